The number of phenolic OH excluding ortho intramolecular Hbond substituents is 1. The van der Waals surface area contributed by atoms with Gasteiger partial charge in [-0.25, -0.2) is 9.97 Å². The number of hydrogen-bond acceptors (Lipinski definition) is 5. The zero-order valence-electron chi connectivity index (χ0n) is 15.6. The molecule has 0 atom stereocenters. The molecule has 0 aliphatic carbocycles. The van der Waals surface area contributed by atoms with Crippen LogP contribution in [-0.2, 0) is 4.79 Å². The van der Waals surface area contributed by atoms with Crippen molar-refractivity contribution in [2.45, 2.75) is 0 Å². The van der Waals surface area contributed by atoms with Gasteiger partial charge < -0.3 is 14.9 Å². The molecule has 3 radical (unpaired) electrons. The number of nitrogens with zero attached hydrogens (tertiary/aromatic N) is 4. The molecule has 3 aromatic rings. The second kappa shape index (κ2) is 7.85. The van der Waals surface area contributed by atoms with Crippen molar-refractivity contribution < 1.29 is 9.90 Å². The third-order valence-corrected chi connectivity index (χ3v) is 5.72. The molecule has 29 heavy (non-hydrogen) atoms. The number of phenols is 1. The van der Waals surface area contributed by atoms with Gasteiger partial charge in [-0.1, -0.05) is 23.4 Å². The number of fused-ring (bicyclic) bond motifs is 1. The summed E-state index contributed by atoms with van der Waals surface area (Å²) < 4.78 is 0. The SMILES string of the molecule is C=CC(=O)N1CCN(c2ncnc3cc([Si])c(-c4ccc(Cl)cc4O)cc23)CC1. The number of benzene rings is 2. The molecule has 4 rings (SSSR count). The van der Waals surface area contributed by atoms with Crippen LogP contribution in [0.5, 0.6) is 5.75 Å². The van der Waals surface area contributed by atoms with Crippen molar-refractivity contribution in [3.05, 3.63) is 54.3 Å². The topological polar surface area (TPSA) is 69.6 Å². The van der Waals surface area contributed by atoms with Crippen molar-refractivity contribution in [2.24, 2.45) is 0 Å². The highest BCUT2D eigenvalue weighted by molar-refractivity contribution is 6.37. The van der Waals surface area contributed by atoms with Crippen LogP contribution in [0.1, 0.15) is 0 Å². The van der Waals surface area contributed by atoms with Gasteiger partial charge >= 0.3 is 0 Å². The Kier molecular flexibility index (Phi) is 5.25. The molecule has 6 nitrogen and oxygen atoms in total. The zero-order chi connectivity index (χ0) is 20.5. The largest absolute Gasteiger partial charge is 0.507 e. The van der Waals surface area contributed by atoms with E-state index in [1.54, 1.807) is 23.4 Å². The van der Waals surface area contributed by atoms with Crippen LogP contribution in [-0.4, -0.2) is 62.3 Å². The molecule has 0 unspecified atom stereocenters. The lowest BCUT2D eigenvalue weighted by molar-refractivity contribution is -0.126. The molecule has 145 valence electrons. The van der Waals surface area contributed by atoms with Crippen LogP contribution in [0.2, 0.25) is 5.02 Å². The Bertz CT molecular complexity index is 1110. The number of carbonyl (C=O) groups excluding carboxylic acids is 1. The molecule has 1 fully saturated rings. The van der Waals surface area contributed by atoms with Gasteiger partial charge in [0.15, 0.2) is 0 Å². The fourth-order valence-electron chi connectivity index (χ4n) is 3.56. The number of amides is 1. The minimum Gasteiger partial charge on any atom is -0.507 e. The monoisotopic (exact) mass is 421 g/mol. The minimum absolute atomic E-state index is 0.0543. The average molecular weight is 422 g/mol. The number of aromatic hydroxyl groups is 1. The summed E-state index contributed by atoms with van der Waals surface area (Å²) >= 11 is 5.98. The lowest BCUT2D eigenvalue weighted by Crippen LogP contribution is -2.48. The van der Waals surface area contributed by atoms with E-state index >= 15 is 0 Å². The predicted octanol–water partition coefficient (Wildman–Crippen LogP) is 2.28. The summed E-state index contributed by atoms with van der Waals surface area (Å²) in [5.74, 6) is 0.856. The highest BCUT2D eigenvalue weighted by Crippen LogP contribution is 2.33. The quantitative estimate of drug-likeness (QED) is 0.519. The van der Waals surface area contributed by atoms with Gasteiger partial charge in [0.2, 0.25) is 5.91 Å². The van der Waals surface area contributed by atoms with Crippen LogP contribution in [0.3, 0.4) is 0 Å². The third kappa shape index (κ3) is 3.71. The Morgan fingerprint density at radius 3 is 2.59 bits per heavy atom. The first-order valence-electron chi connectivity index (χ1n) is 9.13. The molecule has 1 aliphatic rings. The Labute approximate surface area is 176 Å². The van der Waals surface area contributed by atoms with Gasteiger partial charge in [0.25, 0.3) is 0 Å². The molecule has 1 saturated heterocycles. The molecule has 2 heterocycles. The number of anilines is 1. The molecule has 8 heteroatoms. The van der Waals surface area contributed by atoms with E-state index in [-0.39, 0.29) is 11.7 Å². The third-order valence-electron chi connectivity index (χ3n) is 5.07. The van der Waals surface area contributed by atoms with E-state index in [0.717, 1.165) is 27.5 Å². The summed E-state index contributed by atoms with van der Waals surface area (Å²) in [6.45, 7) is 6.11. The van der Waals surface area contributed by atoms with Crippen LogP contribution in [0.25, 0.3) is 22.0 Å². The molecule has 1 aliphatic heterocycles. The second-order valence-electron chi connectivity index (χ2n) is 6.79. The molecule has 2 aromatic carbocycles. The van der Waals surface area contributed by atoms with Gasteiger partial charge in [-0.3, -0.25) is 4.79 Å². The first-order valence-corrected chi connectivity index (χ1v) is 10.0. The van der Waals surface area contributed by atoms with E-state index in [4.69, 9.17) is 11.6 Å². The lowest BCUT2D eigenvalue weighted by Gasteiger charge is -2.35. The summed E-state index contributed by atoms with van der Waals surface area (Å²) in [5.41, 5.74) is 2.28. The van der Waals surface area contributed by atoms with Crippen LogP contribution in [0.15, 0.2) is 49.3 Å². The Balaban J connectivity index is 1.75. The van der Waals surface area contributed by atoms with E-state index in [2.05, 4.69) is 31.7 Å². The summed E-state index contributed by atoms with van der Waals surface area (Å²) in [5, 5.41) is 12.5. The Morgan fingerprint density at radius 2 is 1.90 bits per heavy atom. The molecule has 0 spiro atoms. The molecular weight excluding hydrogens is 404 g/mol. The maximum atomic E-state index is 11.8. The number of piperazine rings is 1. The van der Waals surface area contributed by atoms with Crippen molar-refractivity contribution in [3.63, 3.8) is 0 Å². The summed E-state index contributed by atoms with van der Waals surface area (Å²) in [6, 6.07) is 8.93. The van der Waals surface area contributed by atoms with Crippen LogP contribution < -0.4 is 10.1 Å². The highest BCUT2D eigenvalue weighted by atomic mass is 35.5. The fraction of sp³-hybridized carbons (Fsp3) is 0.190. The first kappa shape index (κ1) is 19.4. The molecular formula is C21H18ClN4O2Si. The van der Waals surface area contributed by atoms with Gasteiger partial charge in [-0.15, -0.1) is 0 Å². The fourth-order valence-corrected chi connectivity index (χ4v) is 4.07. The summed E-state index contributed by atoms with van der Waals surface area (Å²) in [7, 11) is 3.65. The van der Waals surface area contributed by atoms with Gasteiger partial charge in [0.1, 0.15) is 17.9 Å². The van der Waals surface area contributed by atoms with Gasteiger partial charge in [-0.2, -0.15) is 0 Å². The van der Waals surface area contributed by atoms with Crippen molar-refractivity contribution in [1.82, 2.24) is 14.9 Å². The second-order valence-corrected chi connectivity index (χ2v) is 7.77. The molecule has 1 amide bonds. The maximum absolute atomic E-state index is 11.8. The first-order chi connectivity index (χ1) is 14.0. The Hall–Kier alpha value is -2.90. The van der Waals surface area contributed by atoms with Gasteiger partial charge in [-0.05, 0) is 42.0 Å². The zero-order valence-corrected chi connectivity index (χ0v) is 17.4. The number of aromatic nitrogens is 2. The smallest absolute Gasteiger partial charge is 0.246 e. The van der Waals surface area contributed by atoms with Crippen molar-refractivity contribution >= 4 is 49.7 Å². The maximum Gasteiger partial charge on any atom is 0.246 e. The van der Waals surface area contributed by atoms with Crippen LogP contribution in [0, 0.1) is 0 Å². The van der Waals surface area contributed by atoms with Gasteiger partial charge in [0.05, 0.1) is 15.8 Å². The van der Waals surface area contributed by atoms with Crippen molar-refractivity contribution in [2.75, 3.05) is 31.1 Å². The normalized spacial score (nSPS) is 14.3. The molecule has 1 aromatic heterocycles. The van der Waals surface area contributed by atoms with Crippen molar-refractivity contribution in [1.29, 1.82) is 0 Å². The van der Waals surface area contributed by atoms with E-state index in [0.29, 0.717) is 36.8 Å². The van der Waals surface area contributed by atoms with Gasteiger partial charge in [0, 0.05) is 42.2 Å². The lowest BCUT2D eigenvalue weighted by atomic mass is 10.0. The summed E-state index contributed by atoms with van der Waals surface area (Å²) in [6.07, 6.45) is 2.89. The van der Waals surface area contributed by atoms with E-state index < -0.39 is 0 Å². The molecule has 0 saturated carbocycles. The summed E-state index contributed by atoms with van der Waals surface area (Å²) in [4.78, 5) is 24.7. The van der Waals surface area contributed by atoms with E-state index in [1.165, 1.54) is 12.1 Å². The number of hydrogen-bond donors (Lipinski definition) is 1. The molecule has 1 N–H and O–H groups in total. The van der Waals surface area contributed by atoms with Crippen LogP contribution in [0.4, 0.5) is 5.82 Å². The minimum atomic E-state index is -0.0543. The Morgan fingerprint density at radius 1 is 1.14 bits per heavy atom. The van der Waals surface area contributed by atoms with Crippen molar-refractivity contribution in [3.8, 4) is 16.9 Å². The number of rotatable bonds is 3. The standard InChI is InChI=1S/C21H18ClN4O2Si/c1-2-20(28)25-5-7-26(8-6-25)21-16-10-15(14-4-3-13(22)9-18(14)27)19(29)11-17(16)23-12-24-21/h2-4,9-12,27H,1,5-8H2. The number of carbonyl (C=O) groups is 1. The predicted molar refractivity (Wildman–Crippen MR) is 116 cm³/mol. The molecule has 0 bridgehead atoms. The average Bonchev–Trinajstić information content (AvgIpc) is 2.73. The van der Waals surface area contributed by atoms with Crippen LogP contribution >= 0.6 is 11.6 Å². The van der Waals surface area contributed by atoms with E-state index in [9.17, 15) is 9.90 Å². The highest BCUT2D eigenvalue weighted by Gasteiger charge is 2.22. The van der Waals surface area contributed by atoms with E-state index in [1.807, 2.05) is 12.1 Å². The number of halogens is 1.